The van der Waals surface area contributed by atoms with Crippen LogP contribution in [-0.4, -0.2) is 158 Å². The zero-order valence-corrected chi connectivity index (χ0v) is 92.2. The Labute approximate surface area is 874 Å². The summed E-state index contributed by atoms with van der Waals surface area (Å²) in [6.45, 7) is 10.2. The van der Waals surface area contributed by atoms with Crippen LogP contribution in [0.1, 0.15) is 79.2 Å². The Morgan fingerprint density at radius 1 is 0.724 bits per heavy atom. The van der Waals surface area contributed by atoms with E-state index >= 15 is 0 Å². The van der Waals surface area contributed by atoms with Crippen LogP contribution >= 0.6 is 220 Å². The van der Waals surface area contributed by atoms with Crippen molar-refractivity contribution in [2.24, 2.45) is 0 Å². The number of hydrogen-bond acceptors (Lipinski definition) is 26. The number of benzene rings is 5. The van der Waals surface area contributed by atoms with Gasteiger partial charge in [0.1, 0.15) is 47.4 Å². The fourth-order valence-electron chi connectivity index (χ4n) is 10.0. The number of nitrogens with two attached hydrogens (primary N) is 1. The Bertz CT molecular complexity index is 4970. The molecule has 0 saturated heterocycles. The van der Waals surface area contributed by atoms with E-state index in [4.69, 9.17) is 147 Å². The molecule has 5 atom stereocenters. The van der Waals surface area contributed by atoms with Gasteiger partial charge in [0.25, 0.3) is 5.97 Å². The number of nitro groups is 2. The minimum absolute atomic E-state index is 0. The number of anilines is 9. The van der Waals surface area contributed by atoms with E-state index in [2.05, 4.69) is 84.5 Å². The average Bonchev–Trinajstić information content (AvgIpc) is 0.689. The number of ether oxygens (including phenoxy) is 2. The minimum Gasteiger partial charge on any atom is 0 e. The molecule has 0 fully saturated rings. The number of aliphatic hydroxyl groups excluding tert-OH is 1. The molecule has 50 heteroatoms. The van der Waals surface area contributed by atoms with Crippen LogP contribution in [0.2, 0.25) is 51.4 Å². The zero-order chi connectivity index (χ0) is 99.4. The van der Waals surface area contributed by atoms with Crippen molar-refractivity contribution >= 4 is 319 Å². The number of esters is 2. The van der Waals surface area contributed by atoms with Crippen molar-refractivity contribution < 1.29 is 131 Å². The van der Waals surface area contributed by atoms with Crippen molar-refractivity contribution in [3.63, 3.8) is 0 Å². The predicted octanol–water partition coefficient (Wildman–Crippen LogP) is 14.7. The number of likely N-dealkylation sites (N-methyl/N-ethyl adjacent to an activating group) is 1. The molecule has 1 amide bonds. The van der Waals surface area contributed by atoms with Gasteiger partial charge in [0.15, 0.2) is 17.4 Å². The third kappa shape index (κ3) is 42.8. The maximum Gasteiger partial charge on any atom is 0 e. The quantitative estimate of drug-likeness (QED) is 0.00672. The Morgan fingerprint density at radius 2 is 1.12 bits per heavy atom. The molecule has 5 N–H and O–H groups in total. The number of methoxy groups -OCH3 is 2. The number of carbonyl (C=O) groups excluding carboxylic acids is 5. The SMILES string of the molecule is CC(=O)O.CCC(Br)C(=O)OC.CCC(C(=O)OC)N(c1ccc(Cl)cc1)c1nc(Cl)ncc1[N+](=O)[O-].CCC(Nc1ccc(Cl)cc1)C(=O)CO.CCC1C(=O)Cc2cnc(Cl)nc2N1c1ccc(Cl)cc1.CCC1C(=O)N(C)c2cnc(Cl)nc2N1c1ccc(Cl)cc1.Nc1ccc(Cl)cc1.O=[N+]([O-])c1cnc(Cl)nc1Cl.[3H]I([3H])I.[3H][I-]I([3H])I.[3H][I-][3H].[3H][V]([3H])[I].[Fe]. The van der Waals surface area contributed by atoms with E-state index in [0.717, 1.165) is 59.1 Å². The molecule has 0 aliphatic carbocycles. The number of Topliss-reactive ketones (excluding diaryl/α,β-unsaturated/α-hetero) is 2. The first-order valence-electron chi connectivity index (χ1n) is 37.4. The molecular formula is C73H83BrCl10FeI7N16O14V-2. The number of carboxylic acid groups (broad SMARTS) is 1. The topological polar surface area (TPSA) is 402 Å². The van der Waals surface area contributed by atoms with E-state index in [1.807, 2.05) is 100 Å². The molecule has 6 heterocycles. The Balaban J connectivity index is 0. The summed E-state index contributed by atoms with van der Waals surface area (Å²) >= 11 is 60.2. The number of hydrogen-bond donors (Lipinski definition) is 4. The molecule has 680 valence electrons. The summed E-state index contributed by atoms with van der Waals surface area (Å²) in [6.07, 6.45) is 8.55. The van der Waals surface area contributed by atoms with E-state index in [9.17, 15) is 44.2 Å². The molecule has 4 aromatic heterocycles. The molecule has 0 spiro atoms. The summed E-state index contributed by atoms with van der Waals surface area (Å²) < 4.78 is 60.2. The van der Waals surface area contributed by atoms with Gasteiger partial charge in [-0.3, -0.25) is 44.2 Å². The number of halogens is 18. The third-order valence-corrected chi connectivity index (χ3v) is 18.7. The maximum absolute atomic E-state index is 12.6. The maximum atomic E-state index is 12.6. The van der Waals surface area contributed by atoms with Crippen LogP contribution in [0.4, 0.5) is 63.0 Å². The summed E-state index contributed by atoms with van der Waals surface area (Å²) in [5, 5.41) is 43.6. The summed E-state index contributed by atoms with van der Waals surface area (Å²) in [4.78, 5) is 126. The Hall–Kier alpha value is -3.01. The number of amides is 1. The van der Waals surface area contributed by atoms with Crippen LogP contribution in [0.25, 0.3) is 0 Å². The van der Waals surface area contributed by atoms with Crippen molar-refractivity contribution in [3.8, 4) is 0 Å². The molecular weight excluding hydrogens is 2750 g/mol. The number of carboxylic acids is 1. The van der Waals surface area contributed by atoms with Crippen LogP contribution in [-0.2, 0) is 75.4 Å². The molecule has 123 heavy (non-hydrogen) atoms. The number of alkyl halides is 1. The van der Waals surface area contributed by atoms with Gasteiger partial charge >= 0.3 is 173 Å². The van der Waals surface area contributed by atoms with Gasteiger partial charge in [-0.15, -0.1) is 0 Å². The van der Waals surface area contributed by atoms with Gasteiger partial charge in [0.05, 0.1) is 42.3 Å². The number of rotatable bonds is 19. The molecule has 0 radical (unpaired) electrons. The molecule has 9 aromatic rings. The molecule has 2 aliphatic heterocycles. The van der Waals surface area contributed by atoms with E-state index in [0.29, 0.717) is 75.2 Å². The van der Waals surface area contributed by atoms with Gasteiger partial charge in [-0.1, -0.05) is 120 Å². The summed E-state index contributed by atoms with van der Waals surface area (Å²) in [5.74, 6) is -0.437. The van der Waals surface area contributed by atoms with E-state index < -0.39 is 121 Å². The number of aromatic nitrogens is 8. The standard InChI is InChI=1S/C15H14Cl2N4O4.C15H14Cl2N4O.C15H13Cl2N3O.C11H14ClNO2.C6H6ClN.C5H9BrO2.C4HCl2N3O2.C2H4O2.Fe.H2I3.H2I2.H2I.HI.V.2H/c1-3-11(14(22)25-2)20(10-6-4-9(16)5-7-10)13-12(21(23)24)8-18-15(17)19-13;1-3-11-14(22)20(2)12-8-18-15(17)19-13(12)21(11)10-6-4-9(16)5-7-10;1-2-12-13(21)7-9-8-18-15(17)19-14(9)20(12)11-5-3-10(16)4-6-11;1-2-10(11(15)7-14)13-9-5-3-8(12)4-6-9;7-5-1-3-6(8)4-2-5;1-3-4(6)5(7)8-2;5-3-2(9(10)11)1-7-4(6)8-3;1-2(3)4;;1-3-2;1-2;;;;;/h4-8,11H,3H2,1-2H3;4-8,11H,3H2,1-2H3;3-6,8,12H,2,7H2,1H3;3-6,10,13-14H,2,7H2,1H3;1-4H,8H2;4H,3H2,1-2H3;1H;1H3,(H,3,4);;1,3H;1H2;1H2;1H;;;/q;;;;;;;;;-1;;-1;;+1;;/p-1/i;;;;;;;;;1T,3T;2*1T2;;;2*1+2. The van der Waals surface area contributed by atoms with E-state index in [-0.39, 0.29) is 107 Å². The monoisotopic (exact) mass is 2850 g/mol. The van der Waals surface area contributed by atoms with Crippen LogP contribution in [0.15, 0.2) is 146 Å². The number of nitrogen functional groups attached to an aromatic ring is 1. The number of nitrogens with zero attached hydrogens (tertiary/aromatic N) is 14. The third-order valence-electron chi connectivity index (χ3n) is 15.4. The van der Waals surface area contributed by atoms with Crippen molar-refractivity contribution in [1.29, 1.82) is 5.32 Å². The zero-order valence-electron chi connectivity index (χ0n) is 73.4. The van der Waals surface area contributed by atoms with Gasteiger partial charge in [-0.2, -0.15) is 19.9 Å². The summed E-state index contributed by atoms with van der Waals surface area (Å²) in [5.41, 5.74) is 9.81. The van der Waals surface area contributed by atoms with Gasteiger partial charge in [-0.05, 0) is 200 Å². The number of ketones is 2. The van der Waals surface area contributed by atoms with Crippen LogP contribution < -0.4 is 72.6 Å². The van der Waals surface area contributed by atoms with Crippen LogP contribution in [0.5, 0.6) is 0 Å². The molecule has 2 aliphatic rings. The molecule has 0 bridgehead atoms. The fraction of sp³-hybridized carbons (Fsp3) is 0.288. The van der Waals surface area contributed by atoms with Crippen molar-refractivity contribution in [1.82, 2.24) is 39.9 Å². The first-order valence-corrected chi connectivity index (χ1v) is 62.3. The second-order valence-electron chi connectivity index (χ2n) is 23.1. The van der Waals surface area contributed by atoms with Crippen molar-refractivity contribution in [2.75, 3.05) is 58.5 Å². The van der Waals surface area contributed by atoms with Gasteiger partial charge in [-0.25, -0.2) is 24.7 Å². The second-order valence-corrected chi connectivity index (χ2v) is 44.4. The number of fused-ring (bicyclic) bond motifs is 2. The number of carbonyl (C=O) groups is 6. The van der Waals surface area contributed by atoms with E-state index in [1.165, 1.54) is 19.1 Å². The minimum atomic E-state index is -1.79. The van der Waals surface area contributed by atoms with Crippen molar-refractivity contribution in [2.45, 2.75) is 109 Å². The Morgan fingerprint density at radius 3 is 1.51 bits per heavy atom. The van der Waals surface area contributed by atoms with Crippen LogP contribution in [0.3, 0.4) is 0 Å². The van der Waals surface area contributed by atoms with Gasteiger partial charge < -0.3 is 50.3 Å². The van der Waals surface area contributed by atoms with Crippen LogP contribution in [0, 0.1) is 20.2 Å². The molecule has 5 unspecified atom stereocenters. The van der Waals surface area contributed by atoms with Gasteiger partial charge in [0.2, 0.25) is 38.0 Å². The molecule has 30 nitrogen and oxygen atoms in total. The first kappa shape index (κ1) is 107. The number of aliphatic carboxylic acids is 1. The normalized spacial score (nSPS) is 13.9. The second kappa shape index (κ2) is 67.2. The fourth-order valence-corrected chi connectivity index (χ4v) is 11.6. The number of nitrogens with one attached hydrogen (secondary N) is 1. The average molecular weight is 2850 g/mol. The summed E-state index contributed by atoms with van der Waals surface area (Å²) in [7, 11) is 4.35. The van der Waals surface area contributed by atoms with Crippen molar-refractivity contribution in [3.05, 3.63) is 223 Å². The number of aliphatic hydroxyl groups is 1. The smallest absolute Gasteiger partial charge is 0 e. The molecule has 0 saturated carbocycles. The largest absolute Gasteiger partial charge is 0 e. The van der Waals surface area contributed by atoms with E-state index in [1.54, 1.807) is 128 Å². The molecule has 5 aromatic carbocycles. The Kier molecular flexibility index (Phi) is 58.5. The van der Waals surface area contributed by atoms with Gasteiger partial charge in [0, 0.05) is 103 Å². The first-order chi connectivity index (χ1) is 61.2. The molecule has 11 rings (SSSR count). The summed E-state index contributed by atoms with van der Waals surface area (Å²) in [6, 6.07) is 33.5. The predicted molar refractivity (Wildman–Crippen MR) is 530 cm³/mol.